The molecule has 0 aliphatic carbocycles. The van der Waals surface area contributed by atoms with Gasteiger partial charge in [-0.1, -0.05) is 167 Å². The summed E-state index contributed by atoms with van der Waals surface area (Å²) in [5.41, 5.74) is 0. The molecular weight excluding hydrogens is 428 g/mol. The predicted molar refractivity (Wildman–Crippen MR) is 150 cm³/mol. The second-order valence-corrected chi connectivity index (χ2v) is 15.0. The van der Waals surface area contributed by atoms with E-state index >= 15 is 0 Å². The van der Waals surface area contributed by atoms with E-state index in [4.69, 9.17) is 11.1 Å². The fourth-order valence-electron chi connectivity index (χ4n) is 4.36. The van der Waals surface area contributed by atoms with Gasteiger partial charge in [0.05, 0.1) is 0 Å². The van der Waals surface area contributed by atoms with Crippen LogP contribution in [0, 0.1) is 0 Å². The molecule has 0 aliphatic rings. The summed E-state index contributed by atoms with van der Waals surface area (Å²) < 4.78 is 0. The Morgan fingerprint density at radius 3 is 1.06 bits per heavy atom. The summed E-state index contributed by atoms with van der Waals surface area (Å²) in [6, 6.07) is 5.71. The van der Waals surface area contributed by atoms with Gasteiger partial charge in [0.25, 0.3) is 0 Å². The van der Waals surface area contributed by atoms with Gasteiger partial charge in [-0.15, -0.1) is 0 Å². The molecule has 0 fully saturated rings. The lowest BCUT2D eigenvalue weighted by molar-refractivity contribution is 0.584. The van der Waals surface area contributed by atoms with E-state index in [0.717, 1.165) is 0 Å². The van der Waals surface area contributed by atoms with Crippen molar-refractivity contribution in [3.63, 3.8) is 0 Å². The largest absolute Gasteiger partial charge is 0.169 e. The number of rotatable bonds is 27. The van der Waals surface area contributed by atoms with Crippen LogP contribution in [-0.4, -0.2) is 17.6 Å². The first-order chi connectivity index (χ1) is 15.3. The van der Waals surface area contributed by atoms with Gasteiger partial charge in [-0.25, -0.2) is 0 Å². The number of hydrogen-bond donors (Lipinski definition) is 0. The minimum absolute atomic E-state index is 0.537. The molecule has 0 bridgehead atoms. The molecule has 0 unspecified atom stereocenters. The van der Waals surface area contributed by atoms with Gasteiger partial charge >= 0.3 is 0 Å². The molecular formula is C28H58ClSi2. The molecule has 0 heterocycles. The van der Waals surface area contributed by atoms with E-state index < -0.39 is 8.11 Å². The van der Waals surface area contributed by atoms with Crippen molar-refractivity contribution in [3.8, 4) is 0 Å². The lowest BCUT2D eigenvalue weighted by Crippen LogP contribution is -2.02. The van der Waals surface area contributed by atoms with E-state index in [2.05, 4.69) is 13.8 Å². The van der Waals surface area contributed by atoms with E-state index in [1.165, 1.54) is 175 Å². The molecule has 0 aromatic carbocycles. The van der Waals surface area contributed by atoms with Gasteiger partial charge in [-0.05, 0) is 12.1 Å². The van der Waals surface area contributed by atoms with Crippen LogP contribution in [-0.2, 0) is 0 Å². The van der Waals surface area contributed by atoms with Crippen molar-refractivity contribution in [1.29, 1.82) is 0 Å². The van der Waals surface area contributed by atoms with E-state index in [-0.39, 0.29) is 0 Å². The van der Waals surface area contributed by atoms with Crippen LogP contribution in [0.2, 0.25) is 24.2 Å². The quantitative estimate of drug-likeness (QED) is 0.0615. The molecule has 3 heteroatoms. The summed E-state index contributed by atoms with van der Waals surface area (Å²) >= 11 is 6.64. The predicted octanol–water partition coefficient (Wildman–Crippen LogP) is 11.4. The summed E-state index contributed by atoms with van der Waals surface area (Å²) in [4.78, 5) is 0. The van der Waals surface area contributed by atoms with E-state index in [1.54, 1.807) is 0 Å². The highest BCUT2D eigenvalue weighted by Crippen LogP contribution is 2.18. The maximum absolute atomic E-state index is 6.64. The number of unbranched alkanes of at least 4 members (excludes halogenated alkanes) is 19. The van der Waals surface area contributed by atoms with Crippen LogP contribution >= 0.6 is 11.1 Å². The van der Waals surface area contributed by atoms with Crippen LogP contribution < -0.4 is 0 Å². The van der Waals surface area contributed by atoms with Gasteiger partial charge in [0.2, 0.25) is 0 Å². The second kappa shape index (κ2) is 28.8. The average molecular weight is 486 g/mol. The van der Waals surface area contributed by atoms with Crippen molar-refractivity contribution in [1.82, 2.24) is 0 Å². The summed E-state index contributed by atoms with van der Waals surface area (Å²) in [5.74, 6) is 0. The Hall–Kier alpha value is 0.724. The molecule has 0 atom stereocenters. The van der Waals surface area contributed by atoms with Gasteiger partial charge in [-0.3, -0.25) is 0 Å². The highest BCUT2D eigenvalue weighted by atomic mass is 35.6. The fourth-order valence-corrected chi connectivity index (χ4v) is 7.93. The van der Waals surface area contributed by atoms with Crippen LogP contribution in [0.25, 0.3) is 0 Å². The minimum Gasteiger partial charge on any atom is -0.169 e. The number of hydrogen-bond acceptors (Lipinski definition) is 0. The molecule has 31 heavy (non-hydrogen) atoms. The highest BCUT2D eigenvalue weighted by molar-refractivity contribution is 7.06. The molecule has 0 saturated carbocycles. The molecule has 0 saturated heterocycles. The first-order valence-corrected chi connectivity index (χ1v) is 18.9. The Kier molecular flexibility index (Phi) is 29.4. The monoisotopic (exact) mass is 485 g/mol. The maximum atomic E-state index is 6.64. The van der Waals surface area contributed by atoms with E-state index in [1.807, 2.05) is 0 Å². The Bertz CT molecular complexity index is 311. The molecule has 0 rings (SSSR count). The van der Waals surface area contributed by atoms with Crippen LogP contribution in [0.15, 0.2) is 0 Å². The SMILES string of the molecule is CCCCCCCCCC[Si]CCCCCCCC[Si](Cl)CCCCCCCCCC. The zero-order valence-corrected chi connectivity index (χ0v) is 24.5. The van der Waals surface area contributed by atoms with Crippen LogP contribution in [0.1, 0.15) is 155 Å². The van der Waals surface area contributed by atoms with Gasteiger partial charge in [0.1, 0.15) is 0 Å². The third kappa shape index (κ3) is 28.7. The standard InChI is InChI=1S/C28H58ClSi2/c1-3-5-7-9-11-13-17-21-25-30-26-22-18-14-16-20-24-28-31(29)27-23-19-15-12-10-8-6-4-2/h3-28H2,1-2H3. The maximum Gasteiger partial charge on any atom is 0.165 e. The van der Waals surface area contributed by atoms with Gasteiger partial charge < -0.3 is 0 Å². The third-order valence-corrected chi connectivity index (χ3v) is 10.9. The molecule has 0 aromatic rings. The zero-order chi connectivity index (χ0) is 22.7. The first kappa shape index (κ1) is 31.7. The molecule has 0 N–H and O–H groups in total. The smallest absolute Gasteiger partial charge is 0.165 e. The third-order valence-electron chi connectivity index (χ3n) is 6.56. The topological polar surface area (TPSA) is 0 Å². The van der Waals surface area contributed by atoms with E-state index in [0.29, 0.717) is 0 Å². The highest BCUT2D eigenvalue weighted by Gasteiger charge is 2.07. The van der Waals surface area contributed by atoms with Crippen molar-refractivity contribution in [2.24, 2.45) is 0 Å². The summed E-state index contributed by atoms with van der Waals surface area (Å²) in [6.07, 6.45) is 31.8. The zero-order valence-electron chi connectivity index (χ0n) is 21.8. The molecule has 0 spiro atoms. The second-order valence-electron chi connectivity index (χ2n) is 9.84. The fraction of sp³-hybridized carbons (Fsp3) is 1.00. The molecule has 0 amide bonds. The Morgan fingerprint density at radius 2 is 0.710 bits per heavy atom. The Labute approximate surface area is 207 Å². The van der Waals surface area contributed by atoms with Crippen molar-refractivity contribution < 1.29 is 0 Å². The van der Waals surface area contributed by atoms with Crippen LogP contribution in [0.5, 0.6) is 0 Å². The normalized spacial score (nSPS) is 11.6. The van der Waals surface area contributed by atoms with Crippen molar-refractivity contribution >= 4 is 28.7 Å². The molecule has 0 nitrogen and oxygen atoms in total. The molecule has 0 aromatic heterocycles. The molecule has 185 valence electrons. The van der Waals surface area contributed by atoms with Crippen LogP contribution in [0.4, 0.5) is 0 Å². The van der Waals surface area contributed by atoms with Gasteiger partial charge in [-0.2, -0.15) is 11.1 Å². The average Bonchev–Trinajstić information content (AvgIpc) is 2.77. The van der Waals surface area contributed by atoms with Gasteiger partial charge in [0, 0.05) is 9.52 Å². The summed E-state index contributed by atoms with van der Waals surface area (Å²) in [5, 5.41) is 0. The lowest BCUT2D eigenvalue weighted by atomic mass is 10.1. The van der Waals surface area contributed by atoms with Crippen molar-refractivity contribution in [2.45, 2.75) is 179 Å². The van der Waals surface area contributed by atoms with E-state index in [9.17, 15) is 0 Å². The van der Waals surface area contributed by atoms with Crippen LogP contribution in [0.3, 0.4) is 0 Å². The van der Waals surface area contributed by atoms with Gasteiger partial charge in [0.15, 0.2) is 8.11 Å². The summed E-state index contributed by atoms with van der Waals surface area (Å²) in [7, 11) is 0.701. The molecule has 0 aliphatic heterocycles. The minimum atomic E-state index is -0.537. The molecule has 3 radical (unpaired) electrons. The lowest BCUT2D eigenvalue weighted by Gasteiger charge is -2.07. The van der Waals surface area contributed by atoms with Crippen molar-refractivity contribution in [2.75, 3.05) is 0 Å². The Morgan fingerprint density at radius 1 is 0.419 bits per heavy atom. The summed E-state index contributed by atoms with van der Waals surface area (Å²) in [6.45, 7) is 4.60. The number of halogens is 1. The van der Waals surface area contributed by atoms with Crippen molar-refractivity contribution in [3.05, 3.63) is 0 Å². The first-order valence-electron chi connectivity index (χ1n) is 14.5. The Balaban J connectivity index is 3.11.